The number of benzene rings is 2. The summed E-state index contributed by atoms with van der Waals surface area (Å²) in [4.78, 5) is 23.8. The van der Waals surface area contributed by atoms with Gasteiger partial charge in [-0.05, 0) is 48.5 Å². The Morgan fingerprint density at radius 3 is 2.35 bits per heavy atom. The van der Waals surface area contributed by atoms with Crippen LogP contribution in [0.25, 0.3) is 11.3 Å². The van der Waals surface area contributed by atoms with Crippen molar-refractivity contribution in [2.24, 2.45) is 0 Å². The topological polar surface area (TPSA) is 71.3 Å². The molecule has 0 aliphatic carbocycles. The van der Waals surface area contributed by atoms with Gasteiger partial charge in [0.1, 0.15) is 11.5 Å². The maximum absolute atomic E-state index is 11.9. The van der Waals surface area contributed by atoms with Gasteiger partial charge >= 0.3 is 0 Å². The molecule has 0 atom stereocenters. The standard InChI is InChI=1S/C20H17ClN2O3/c21-16-8-6-14(7-9-16)18-11-10-17(26-18)12-22-19(24)13-23-20(25)15-4-2-1-3-5-15/h1-11H,12-13H2,(H,22,24)(H,23,25). The molecule has 3 aromatic rings. The zero-order chi connectivity index (χ0) is 18.4. The molecule has 0 saturated heterocycles. The summed E-state index contributed by atoms with van der Waals surface area (Å²) in [5, 5.41) is 5.95. The summed E-state index contributed by atoms with van der Waals surface area (Å²) in [6.07, 6.45) is 0. The minimum atomic E-state index is -0.293. The van der Waals surface area contributed by atoms with E-state index in [0.717, 1.165) is 5.56 Å². The summed E-state index contributed by atoms with van der Waals surface area (Å²) in [5.74, 6) is 0.739. The summed E-state index contributed by atoms with van der Waals surface area (Å²) in [6, 6.07) is 19.7. The van der Waals surface area contributed by atoms with Crippen LogP contribution >= 0.6 is 11.6 Å². The number of amides is 2. The first-order chi connectivity index (χ1) is 12.6. The fraction of sp³-hybridized carbons (Fsp3) is 0.100. The number of hydrogen-bond acceptors (Lipinski definition) is 3. The van der Waals surface area contributed by atoms with Crippen molar-refractivity contribution in [3.63, 3.8) is 0 Å². The highest BCUT2D eigenvalue weighted by atomic mass is 35.5. The number of hydrogen-bond donors (Lipinski definition) is 2. The predicted molar refractivity (Wildman–Crippen MR) is 99.8 cm³/mol. The molecule has 2 amide bonds. The van der Waals surface area contributed by atoms with Crippen molar-refractivity contribution in [2.75, 3.05) is 6.54 Å². The van der Waals surface area contributed by atoms with E-state index in [0.29, 0.717) is 22.1 Å². The van der Waals surface area contributed by atoms with Crippen LogP contribution in [0.4, 0.5) is 0 Å². The Labute approximate surface area is 156 Å². The molecule has 0 unspecified atom stereocenters. The van der Waals surface area contributed by atoms with E-state index in [9.17, 15) is 9.59 Å². The van der Waals surface area contributed by atoms with Gasteiger partial charge in [0, 0.05) is 16.1 Å². The van der Waals surface area contributed by atoms with Crippen molar-refractivity contribution in [1.29, 1.82) is 0 Å². The van der Waals surface area contributed by atoms with E-state index in [1.807, 2.05) is 24.3 Å². The number of carbonyl (C=O) groups excluding carboxylic acids is 2. The molecule has 3 rings (SSSR count). The molecule has 0 aliphatic rings. The van der Waals surface area contributed by atoms with Crippen LogP contribution in [0.3, 0.4) is 0 Å². The molecule has 132 valence electrons. The van der Waals surface area contributed by atoms with Crippen LogP contribution in [-0.2, 0) is 11.3 Å². The molecule has 0 saturated carbocycles. The lowest BCUT2D eigenvalue weighted by atomic mass is 10.2. The highest BCUT2D eigenvalue weighted by Gasteiger charge is 2.09. The molecule has 5 nitrogen and oxygen atoms in total. The van der Waals surface area contributed by atoms with Gasteiger partial charge < -0.3 is 15.1 Å². The predicted octanol–water partition coefficient (Wildman–Crippen LogP) is 3.65. The Bertz CT molecular complexity index is 889. The average molecular weight is 369 g/mol. The molecule has 26 heavy (non-hydrogen) atoms. The second-order valence-corrected chi connectivity index (χ2v) is 6.03. The third-order valence-electron chi connectivity index (χ3n) is 3.70. The normalized spacial score (nSPS) is 10.3. The van der Waals surface area contributed by atoms with Gasteiger partial charge in [-0.3, -0.25) is 9.59 Å². The fourth-order valence-corrected chi connectivity index (χ4v) is 2.47. The zero-order valence-corrected chi connectivity index (χ0v) is 14.6. The van der Waals surface area contributed by atoms with E-state index < -0.39 is 0 Å². The van der Waals surface area contributed by atoms with Crippen LogP contribution in [0.1, 0.15) is 16.1 Å². The number of furan rings is 1. The Morgan fingerprint density at radius 2 is 1.62 bits per heavy atom. The van der Waals surface area contributed by atoms with Crippen molar-refractivity contribution in [2.45, 2.75) is 6.54 Å². The zero-order valence-electron chi connectivity index (χ0n) is 13.9. The van der Waals surface area contributed by atoms with Crippen LogP contribution in [-0.4, -0.2) is 18.4 Å². The molecule has 1 aromatic heterocycles. The Balaban J connectivity index is 1.47. The first-order valence-electron chi connectivity index (χ1n) is 8.06. The molecule has 6 heteroatoms. The molecule has 0 aliphatic heterocycles. The van der Waals surface area contributed by atoms with Gasteiger partial charge in [-0.25, -0.2) is 0 Å². The van der Waals surface area contributed by atoms with E-state index in [-0.39, 0.29) is 24.9 Å². The quantitative estimate of drug-likeness (QED) is 0.697. The molecular formula is C20H17ClN2O3. The van der Waals surface area contributed by atoms with Crippen LogP contribution < -0.4 is 10.6 Å². The number of rotatable bonds is 6. The van der Waals surface area contributed by atoms with Crippen molar-refractivity contribution in [1.82, 2.24) is 10.6 Å². The van der Waals surface area contributed by atoms with Gasteiger partial charge in [0.05, 0.1) is 13.1 Å². The van der Waals surface area contributed by atoms with E-state index >= 15 is 0 Å². The maximum atomic E-state index is 11.9. The monoisotopic (exact) mass is 368 g/mol. The molecule has 0 bridgehead atoms. The number of halogens is 1. The Hall–Kier alpha value is -3.05. The van der Waals surface area contributed by atoms with Crippen LogP contribution in [0, 0.1) is 0 Å². The second kappa shape index (κ2) is 8.36. The third-order valence-corrected chi connectivity index (χ3v) is 3.95. The van der Waals surface area contributed by atoms with E-state index in [2.05, 4.69) is 10.6 Å². The first-order valence-corrected chi connectivity index (χ1v) is 8.44. The average Bonchev–Trinajstić information content (AvgIpc) is 3.14. The summed E-state index contributed by atoms with van der Waals surface area (Å²) >= 11 is 5.87. The highest BCUT2D eigenvalue weighted by molar-refractivity contribution is 6.30. The first kappa shape index (κ1) is 17.8. The maximum Gasteiger partial charge on any atom is 0.251 e. The SMILES string of the molecule is O=C(CNC(=O)c1ccccc1)NCc1ccc(-c2ccc(Cl)cc2)o1. The van der Waals surface area contributed by atoms with Gasteiger partial charge in [-0.2, -0.15) is 0 Å². The smallest absolute Gasteiger partial charge is 0.251 e. The third kappa shape index (κ3) is 4.74. The van der Waals surface area contributed by atoms with Gasteiger partial charge in [-0.15, -0.1) is 0 Å². The minimum absolute atomic E-state index is 0.0987. The van der Waals surface area contributed by atoms with Crippen molar-refractivity contribution >= 4 is 23.4 Å². The van der Waals surface area contributed by atoms with E-state index in [1.165, 1.54) is 0 Å². The van der Waals surface area contributed by atoms with Gasteiger partial charge in [0.15, 0.2) is 0 Å². The molecule has 0 spiro atoms. The summed E-state index contributed by atoms with van der Waals surface area (Å²) < 4.78 is 5.71. The van der Waals surface area contributed by atoms with Gasteiger partial charge in [-0.1, -0.05) is 29.8 Å². The van der Waals surface area contributed by atoms with Crippen LogP contribution in [0.5, 0.6) is 0 Å². The summed E-state index contributed by atoms with van der Waals surface area (Å²) in [5.41, 5.74) is 1.42. The highest BCUT2D eigenvalue weighted by Crippen LogP contribution is 2.23. The Kier molecular flexibility index (Phi) is 5.71. The molecule has 2 aromatic carbocycles. The second-order valence-electron chi connectivity index (χ2n) is 5.60. The summed E-state index contributed by atoms with van der Waals surface area (Å²) in [7, 11) is 0. The van der Waals surface area contributed by atoms with Crippen LogP contribution in [0.2, 0.25) is 5.02 Å². The molecule has 2 N–H and O–H groups in total. The lowest BCUT2D eigenvalue weighted by molar-refractivity contribution is -0.120. The summed E-state index contributed by atoms with van der Waals surface area (Å²) in [6.45, 7) is 0.145. The largest absolute Gasteiger partial charge is 0.459 e. The van der Waals surface area contributed by atoms with Crippen molar-refractivity contribution in [3.8, 4) is 11.3 Å². The van der Waals surface area contributed by atoms with Crippen LogP contribution in [0.15, 0.2) is 71.1 Å². The fourth-order valence-electron chi connectivity index (χ4n) is 2.34. The van der Waals surface area contributed by atoms with Crippen molar-refractivity contribution in [3.05, 3.63) is 83.1 Å². The number of carbonyl (C=O) groups is 2. The molecule has 0 radical (unpaired) electrons. The van der Waals surface area contributed by atoms with Gasteiger partial charge in [0.2, 0.25) is 5.91 Å². The van der Waals surface area contributed by atoms with E-state index in [4.69, 9.17) is 16.0 Å². The van der Waals surface area contributed by atoms with Gasteiger partial charge in [0.25, 0.3) is 5.91 Å². The minimum Gasteiger partial charge on any atom is -0.459 e. The number of nitrogens with one attached hydrogen (secondary N) is 2. The molecular weight excluding hydrogens is 352 g/mol. The molecule has 1 heterocycles. The molecule has 0 fully saturated rings. The van der Waals surface area contributed by atoms with Crippen molar-refractivity contribution < 1.29 is 14.0 Å². The lowest BCUT2D eigenvalue weighted by Gasteiger charge is -2.06. The lowest BCUT2D eigenvalue weighted by Crippen LogP contribution is -2.36. The van der Waals surface area contributed by atoms with E-state index in [1.54, 1.807) is 42.5 Å². The Morgan fingerprint density at radius 1 is 0.885 bits per heavy atom.